The number of hydrogen-bond acceptors (Lipinski definition) is 3. The summed E-state index contributed by atoms with van der Waals surface area (Å²) in [6.45, 7) is 5.11. The predicted octanol–water partition coefficient (Wildman–Crippen LogP) is 1.71. The van der Waals surface area contributed by atoms with Crippen LogP contribution in [0.4, 0.5) is 0 Å². The number of ether oxygens (including phenoxy) is 1. The number of benzene rings is 1. The molecule has 0 saturated carbocycles. The molecule has 0 bridgehead atoms. The molecule has 0 aliphatic carbocycles. The molecule has 1 aliphatic rings. The Morgan fingerprint density at radius 1 is 1.47 bits per heavy atom. The summed E-state index contributed by atoms with van der Waals surface area (Å²) in [5.74, 6) is 1.05. The van der Waals surface area contributed by atoms with Crippen molar-refractivity contribution in [3.05, 3.63) is 29.3 Å². The minimum atomic E-state index is -0.461. The van der Waals surface area contributed by atoms with Crippen LogP contribution in [0.2, 0.25) is 0 Å². The molecule has 4 heteroatoms. The SMILES string of the molecule is CN(Cc1ccc2c(c1)CCO2)C(=O)CC(C)(C)N. The first-order chi connectivity index (χ1) is 8.85. The molecule has 2 rings (SSSR count). The Labute approximate surface area is 114 Å². The van der Waals surface area contributed by atoms with Crippen molar-refractivity contribution >= 4 is 5.91 Å². The molecule has 1 aromatic rings. The van der Waals surface area contributed by atoms with E-state index in [9.17, 15) is 4.79 Å². The van der Waals surface area contributed by atoms with Crippen molar-refractivity contribution in [3.8, 4) is 5.75 Å². The second kappa shape index (κ2) is 5.21. The first-order valence-electron chi connectivity index (χ1n) is 6.62. The van der Waals surface area contributed by atoms with Gasteiger partial charge in [-0.25, -0.2) is 0 Å². The summed E-state index contributed by atoms with van der Waals surface area (Å²) in [7, 11) is 1.82. The van der Waals surface area contributed by atoms with Gasteiger partial charge in [-0.05, 0) is 31.0 Å². The highest BCUT2D eigenvalue weighted by Gasteiger charge is 2.20. The van der Waals surface area contributed by atoms with Gasteiger partial charge >= 0.3 is 0 Å². The third-order valence-corrected chi connectivity index (χ3v) is 3.21. The summed E-state index contributed by atoms with van der Waals surface area (Å²) in [4.78, 5) is 13.7. The number of carbonyl (C=O) groups is 1. The molecule has 2 N–H and O–H groups in total. The molecule has 1 aliphatic heterocycles. The van der Waals surface area contributed by atoms with E-state index in [1.165, 1.54) is 5.56 Å². The van der Waals surface area contributed by atoms with Crippen molar-refractivity contribution in [2.45, 2.75) is 38.8 Å². The fraction of sp³-hybridized carbons (Fsp3) is 0.533. The van der Waals surface area contributed by atoms with E-state index >= 15 is 0 Å². The lowest BCUT2D eigenvalue weighted by molar-refractivity contribution is -0.131. The number of nitrogens with zero attached hydrogens (tertiary/aromatic N) is 1. The molecule has 0 aromatic heterocycles. The summed E-state index contributed by atoms with van der Waals surface area (Å²) >= 11 is 0. The summed E-state index contributed by atoms with van der Waals surface area (Å²) in [5.41, 5.74) is 7.78. The number of fused-ring (bicyclic) bond motifs is 1. The van der Waals surface area contributed by atoms with Crippen molar-refractivity contribution in [1.29, 1.82) is 0 Å². The van der Waals surface area contributed by atoms with E-state index in [0.29, 0.717) is 13.0 Å². The average Bonchev–Trinajstić information content (AvgIpc) is 2.73. The van der Waals surface area contributed by atoms with E-state index < -0.39 is 5.54 Å². The lowest BCUT2D eigenvalue weighted by atomic mass is 10.0. The molecule has 0 radical (unpaired) electrons. The minimum absolute atomic E-state index is 0.0734. The zero-order valence-corrected chi connectivity index (χ0v) is 11.9. The van der Waals surface area contributed by atoms with E-state index in [2.05, 4.69) is 6.07 Å². The fourth-order valence-electron chi connectivity index (χ4n) is 2.23. The number of nitrogens with two attached hydrogens (primary N) is 1. The van der Waals surface area contributed by atoms with Crippen LogP contribution in [0.5, 0.6) is 5.75 Å². The van der Waals surface area contributed by atoms with Crippen LogP contribution in [0.3, 0.4) is 0 Å². The highest BCUT2D eigenvalue weighted by molar-refractivity contribution is 5.77. The lowest BCUT2D eigenvalue weighted by Crippen LogP contribution is -2.39. The molecule has 0 atom stereocenters. The van der Waals surface area contributed by atoms with E-state index in [0.717, 1.165) is 24.3 Å². The van der Waals surface area contributed by atoms with E-state index in [-0.39, 0.29) is 5.91 Å². The highest BCUT2D eigenvalue weighted by atomic mass is 16.5. The molecule has 0 unspecified atom stereocenters. The number of hydrogen-bond donors (Lipinski definition) is 1. The van der Waals surface area contributed by atoms with Gasteiger partial charge in [-0.15, -0.1) is 0 Å². The van der Waals surface area contributed by atoms with Gasteiger partial charge in [-0.1, -0.05) is 12.1 Å². The molecular weight excluding hydrogens is 240 g/mol. The highest BCUT2D eigenvalue weighted by Crippen LogP contribution is 2.26. The van der Waals surface area contributed by atoms with Crippen LogP contribution in [-0.4, -0.2) is 30.0 Å². The topological polar surface area (TPSA) is 55.6 Å². The van der Waals surface area contributed by atoms with Crippen LogP contribution in [-0.2, 0) is 17.8 Å². The van der Waals surface area contributed by atoms with Crippen LogP contribution in [0.15, 0.2) is 18.2 Å². The van der Waals surface area contributed by atoms with Gasteiger partial charge in [-0.3, -0.25) is 4.79 Å². The van der Waals surface area contributed by atoms with Crippen LogP contribution in [0.1, 0.15) is 31.4 Å². The van der Waals surface area contributed by atoms with Gasteiger partial charge in [0.15, 0.2) is 0 Å². The zero-order chi connectivity index (χ0) is 14.0. The average molecular weight is 262 g/mol. The fourth-order valence-corrected chi connectivity index (χ4v) is 2.23. The Balaban J connectivity index is 1.99. The zero-order valence-electron chi connectivity index (χ0n) is 11.9. The second-order valence-electron chi connectivity index (χ2n) is 5.96. The van der Waals surface area contributed by atoms with Crippen LogP contribution in [0.25, 0.3) is 0 Å². The monoisotopic (exact) mass is 262 g/mol. The largest absolute Gasteiger partial charge is 0.493 e. The standard InChI is InChI=1S/C15H22N2O2/c1-15(2,16)9-14(18)17(3)10-11-4-5-13-12(8-11)6-7-19-13/h4-5,8H,6-7,9-10,16H2,1-3H3. The van der Waals surface area contributed by atoms with Crippen molar-refractivity contribution in [3.63, 3.8) is 0 Å². The van der Waals surface area contributed by atoms with Crippen molar-refractivity contribution in [2.75, 3.05) is 13.7 Å². The molecular formula is C15H22N2O2. The number of amides is 1. The Morgan fingerprint density at radius 2 is 2.21 bits per heavy atom. The van der Waals surface area contributed by atoms with E-state index in [1.54, 1.807) is 4.90 Å². The third-order valence-electron chi connectivity index (χ3n) is 3.21. The summed E-state index contributed by atoms with van der Waals surface area (Å²) in [6.07, 6.45) is 1.31. The second-order valence-corrected chi connectivity index (χ2v) is 5.96. The molecule has 104 valence electrons. The number of rotatable bonds is 4. The van der Waals surface area contributed by atoms with Gasteiger partial charge in [0.05, 0.1) is 6.61 Å². The lowest BCUT2D eigenvalue weighted by Gasteiger charge is -2.23. The van der Waals surface area contributed by atoms with E-state index in [4.69, 9.17) is 10.5 Å². The quantitative estimate of drug-likeness (QED) is 0.898. The number of carbonyl (C=O) groups excluding carboxylic acids is 1. The maximum absolute atomic E-state index is 12.0. The molecule has 4 nitrogen and oxygen atoms in total. The van der Waals surface area contributed by atoms with Gasteiger partial charge in [0, 0.05) is 32.0 Å². The Kier molecular flexibility index (Phi) is 3.80. The first-order valence-corrected chi connectivity index (χ1v) is 6.62. The van der Waals surface area contributed by atoms with Crippen molar-refractivity contribution < 1.29 is 9.53 Å². The minimum Gasteiger partial charge on any atom is -0.493 e. The molecule has 0 saturated heterocycles. The molecule has 1 heterocycles. The van der Waals surface area contributed by atoms with Gasteiger partial charge in [-0.2, -0.15) is 0 Å². The van der Waals surface area contributed by atoms with Gasteiger partial charge in [0.25, 0.3) is 0 Å². The van der Waals surface area contributed by atoms with Gasteiger partial charge in [0.1, 0.15) is 5.75 Å². The smallest absolute Gasteiger partial charge is 0.224 e. The summed E-state index contributed by atoms with van der Waals surface area (Å²) in [5, 5.41) is 0. The third kappa shape index (κ3) is 3.70. The maximum Gasteiger partial charge on any atom is 0.224 e. The molecule has 1 aromatic carbocycles. The van der Waals surface area contributed by atoms with Crippen molar-refractivity contribution in [1.82, 2.24) is 4.90 Å². The molecule has 19 heavy (non-hydrogen) atoms. The van der Waals surface area contributed by atoms with Crippen LogP contribution in [0, 0.1) is 0 Å². The normalized spacial score (nSPS) is 13.9. The Hall–Kier alpha value is -1.55. The predicted molar refractivity (Wildman–Crippen MR) is 75.0 cm³/mol. The Morgan fingerprint density at radius 3 is 2.89 bits per heavy atom. The summed E-state index contributed by atoms with van der Waals surface area (Å²) < 4.78 is 5.47. The van der Waals surface area contributed by atoms with E-state index in [1.807, 2.05) is 33.0 Å². The molecule has 0 spiro atoms. The van der Waals surface area contributed by atoms with Gasteiger partial charge in [0.2, 0.25) is 5.91 Å². The molecule has 0 fully saturated rings. The summed E-state index contributed by atoms with van der Waals surface area (Å²) in [6, 6.07) is 6.13. The van der Waals surface area contributed by atoms with Gasteiger partial charge < -0.3 is 15.4 Å². The van der Waals surface area contributed by atoms with Crippen LogP contribution < -0.4 is 10.5 Å². The molecule has 1 amide bonds. The Bertz CT molecular complexity index is 478. The maximum atomic E-state index is 12.0. The first kappa shape index (κ1) is 13.9. The van der Waals surface area contributed by atoms with Crippen molar-refractivity contribution in [2.24, 2.45) is 5.73 Å². The van der Waals surface area contributed by atoms with Crippen LogP contribution >= 0.6 is 0 Å².